The number of hydrogen-bond acceptors (Lipinski definition) is 3. The number of alkyl halides is 1. The molecule has 0 saturated carbocycles. The molecule has 158 valence electrons. The van der Waals surface area contributed by atoms with Gasteiger partial charge in [-0.1, -0.05) is 55.0 Å². The summed E-state index contributed by atoms with van der Waals surface area (Å²) >= 11 is 6.79. The molecule has 3 nitrogen and oxygen atoms in total. The molecule has 0 saturated heterocycles. The molecule has 5 heteroatoms. The summed E-state index contributed by atoms with van der Waals surface area (Å²) in [5.41, 5.74) is 0.996. The van der Waals surface area contributed by atoms with E-state index in [9.17, 15) is 9.00 Å². The summed E-state index contributed by atoms with van der Waals surface area (Å²) in [5, 5.41) is 0. The Balaban J connectivity index is 2.24. The molecule has 0 aliphatic carbocycles. The maximum Gasteiger partial charge on any atom is 0.306 e. The minimum atomic E-state index is -1.45. The van der Waals surface area contributed by atoms with E-state index in [0.29, 0.717) is 11.3 Å². The number of ether oxygens (including phenoxy) is 1. The number of aryl methyl sites for hydroxylation is 2. The van der Waals surface area contributed by atoms with Crippen LogP contribution in [0, 0.1) is 12.3 Å². The zero-order chi connectivity index (χ0) is 21.7. The number of carbonyl (C=O) groups excluding carboxylic acids is 1. The van der Waals surface area contributed by atoms with E-state index in [4.69, 9.17) is 16.3 Å². The lowest BCUT2D eigenvalue weighted by Crippen LogP contribution is -2.37. The highest BCUT2D eigenvalue weighted by Crippen LogP contribution is 2.39. The van der Waals surface area contributed by atoms with Crippen molar-refractivity contribution in [2.75, 3.05) is 0 Å². The lowest BCUT2D eigenvalue weighted by Gasteiger charge is -2.34. The second-order valence-electron chi connectivity index (χ2n) is 8.83. The van der Waals surface area contributed by atoms with Crippen molar-refractivity contribution < 1.29 is 13.7 Å². The number of hydrogen-bond donors (Lipinski definition) is 0. The Morgan fingerprint density at radius 2 is 1.62 bits per heavy atom. The van der Waals surface area contributed by atoms with Crippen LogP contribution in [0.2, 0.25) is 0 Å². The smallest absolute Gasteiger partial charge is 0.306 e. The summed E-state index contributed by atoms with van der Waals surface area (Å²) < 4.78 is 18.0. The van der Waals surface area contributed by atoms with E-state index in [1.165, 1.54) is 0 Å². The highest BCUT2D eigenvalue weighted by atomic mass is 35.5. The van der Waals surface area contributed by atoms with Crippen LogP contribution in [0.25, 0.3) is 0 Å². The molecule has 0 bridgehead atoms. The van der Waals surface area contributed by atoms with Gasteiger partial charge in [-0.25, -0.2) is 0 Å². The number of benzene rings is 2. The van der Waals surface area contributed by atoms with Crippen molar-refractivity contribution in [1.82, 2.24) is 0 Å². The standard InChI is InChI=1S/C24H31ClO3S/c1-18-11-13-20(14-12-18)29(27)22(25)24(5,17-21(26)28-23(2,3)4)16-15-19-9-7-6-8-10-19/h6-14,22H,15-17H2,1-5H3/t22?,24-,29+/m0/s1. The second-order valence-corrected chi connectivity index (χ2v) is 11.1. The molecule has 0 aromatic heterocycles. The zero-order valence-corrected chi connectivity index (χ0v) is 19.5. The first-order chi connectivity index (χ1) is 13.5. The Hall–Kier alpha value is -1.65. The largest absolute Gasteiger partial charge is 0.460 e. The first-order valence-electron chi connectivity index (χ1n) is 9.87. The molecule has 0 spiro atoms. The fourth-order valence-electron chi connectivity index (χ4n) is 3.11. The van der Waals surface area contributed by atoms with Crippen LogP contribution in [0.15, 0.2) is 59.5 Å². The zero-order valence-electron chi connectivity index (χ0n) is 17.9. The Labute approximate surface area is 182 Å². The number of rotatable bonds is 8. The van der Waals surface area contributed by atoms with Crippen molar-refractivity contribution >= 4 is 28.4 Å². The maximum atomic E-state index is 13.2. The summed E-state index contributed by atoms with van der Waals surface area (Å²) in [6, 6.07) is 17.6. The van der Waals surface area contributed by atoms with E-state index < -0.39 is 26.5 Å². The molecule has 2 aromatic rings. The highest BCUT2D eigenvalue weighted by Gasteiger charge is 2.40. The maximum absolute atomic E-state index is 13.2. The van der Waals surface area contributed by atoms with Gasteiger partial charge < -0.3 is 4.74 Å². The van der Waals surface area contributed by atoms with Crippen molar-refractivity contribution in [2.45, 2.75) is 69.1 Å². The summed E-state index contributed by atoms with van der Waals surface area (Å²) in [6.45, 7) is 9.44. The van der Waals surface area contributed by atoms with Crippen LogP contribution in [0.4, 0.5) is 0 Å². The van der Waals surface area contributed by atoms with Crippen LogP contribution in [0.5, 0.6) is 0 Å². The van der Waals surface area contributed by atoms with Crippen molar-refractivity contribution in [1.29, 1.82) is 0 Å². The highest BCUT2D eigenvalue weighted by molar-refractivity contribution is 7.87. The third-order valence-corrected chi connectivity index (χ3v) is 7.48. The monoisotopic (exact) mass is 434 g/mol. The minimum Gasteiger partial charge on any atom is -0.460 e. The quantitative estimate of drug-likeness (QED) is 0.375. The van der Waals surface area contributed by atoms with Gasteiger partial charge in [0.15, 0.2) is 0 Å². The first kappa shape index (κ1) is 23.6. The molecule has 0 amide bonds. The van der Waals surface area contributed by atoms with Crippen LogP contribution in [0.3, 0.4) is 0 Å². The van der Waals surface area contributed by atoms with Gasteiger partial charge >= 0.3 is 5.97 Å². The second kappa shape index (κ2) is 9.90. The SMILES string of the molecule is Cc1ccc([S@@](=O)C(Cl)[C@@](C)(CCc2ccccc2)CC(=O)OC(C)(C)C)cc1. The van der Waals surface area contributed by atoms with Gasteiger partial charge in [-0.3, -0.25) is 9.00 Å². The molecule has 0 aliphatic rings. The van der Waals surface area contributed by atoms with E-state index in [2.05, 4.69) is 0 Å². The van der Waals surface area contributed by atoms with Gasteiger partial charge in [0, 0.05) is 10.3 Å². The van der Waals surface area contributed by atoms with E-state index in [0.717, 1.165) is 17.5 Å². The topological polar surface area (TPSA) is 43.4 Å². The molecule has 0 N–H and O–H groups in total. The van der Waals surface area contributed by atoms with E-state index in [1.54, 1.807) is 0 Å². The number of halogens is 1. The molecule has 2 rings (SSSR count). The molecule has 1 unspecified atom stereocenters. The Morgan fingerprint density at radius 3 is 2.17 bits per heavy atom. The Morgan fingerprint density at radius 1 is 1.03 bits per heavy atom. The summed E-state index contributed by atoms with van der Waals surface area (Å²) in [7, 11) is -1.45. The van der Waals surface area contributed by atoms with Crippen LogP contribution >= 0.6 is 11.6 Å². The molecular formula is C24H31ClO3S. The number of esters is 1. The van der Waals surface area contributed by atoms with Crippen LogP contribution in [-0.2, 0) is 26.8 Å². The van der Waals surface area contributed by atoms with Crippen molar-refractivity contribution in [2.24, 2.45) is 5.41 Å². The van der Waals surface area contributed by atoms with Gasteiger partial charge in [-0.15, -0.1) is 11.6 Å². The van der Waals surface area contributed by atoms with E-state index in [1.807, 2.05) is 89.2 Å². The molecule has 0 aliphatic heterocycles. The molecule has 0 radical (unpaired) electrons. The molecule has 29 heavy (non-hydrogen) atoms. The molecule has 3 atom stereocenters. The van der Waals surface area contributed by atoms with Crippen molar-refractivity contribution in [3.8, 4) is 0 Å². The summed E-state index contributed by atoms with van der Waals surface area (Å²) in [5.74, 6) is -0.320. The molecule has 0 fully saturated rings. The summed E-state index contributed by atoms with van der Waals surface area (Å²) in [6.07, 6.45) is 1.49. The Kier molecular flexibility index (Phi) is 8.07. The van der Waals surface area contributed by atoms with Crippen LogP contribution < -0.4 is 0 Å². The predicted molar refractivity (Wildman–Crippen MR) is 121 cm³/mol. The fraction of sp³-hybridized carbons (Fsp3) is 0.458. The van der Waals surface area contributed by atoms with Crippen molar-refractivity contribution in [3.63, 3.8) is 0 Å². The normalized spacial score (nSPS) is 15.9. The molecule has 0 heterocycles. The third-order valence-electron chi connectivity index (χ3n) is 4.78. The van der Waals surface area contributed by atoms with E-state index >= 15 is 0 Å². The van der Waals surface area contributed by atoms with Gasteiger partial charge in [-0.2, -0.15) is 0 Å². The lowest BCUT2D eigenvalue weighted by molar-refractivity contribution is -0.157. The van der Waals surface area contributed by atoms with Gasteiger partial charge in [-0.05, 0) is 58.2 Å². The summed E-state index contributed by atoms with van der Waals surface area (Å²) in [4.78, 5) is 13.3. The van der Waals surface area contributed by atoms with Gasteiger partial charge in [0.2, 0.25) is 0 Å². The Bertz CT molecular complexity index is 827. The third kappa shape index (κ3) is 7.27. The number of carbonyl (C=O) groups is 1. The van der Waals surface area contributed by atoms with E-state index in [-0.39, 0.29) is 12.4 Å². The van der Waals surface area contributed by atoms with Crippen LogP contribution in [0.1, 0.15) is 51.7 Å². The fourth-order valence-corrected chi connectivity index (χ4v) is 4.97. The van der Waals surface area contributed by atoms with Gasteiger partial charge in [0.1, 0.15) is 10.3 Å². The molecule has 2 aromatic carbocycles. The van der Waals surface area contributed by atoms with Crippen molar-refractivity contribution in [3.05, 3.63) is 65.7 Å². The van der Waals surface area contributed by atoms with Crippen LogP contribution in [-0.4, -0.2) is 20.5 Å². The predicted octanol–water partition coefficient (Wildman–Crippen LogP) is 6.04. The van der Waals surface area contributed by atoms with Gasteiger partial charge in [0.25, 0.3) is 0 Å². The lowest BCUT2D eigenvalue weighted by atomic mass is 9.82. The average molecular weight is 435 g/mol. The average Bonchev–Trinajstić information content (AvgIpc) is 2.65. The first-order valence-corrected chi connectivity index (χ1v) is 11.5. The molecular weight excluding hydrogens is 404 g/mol. The van der Waals surface area contributed by atoms with Gasteiger partial charge in [0.05, 0.1) is 17.2 Å². The minimum absolute atomic E-state index is 0.114.